The molecule has 25 nitrogen and oxygen atoms in total. The van der Waals surface area contributed by atoms with Crippen molar-refractivity contribution in [3.63, 3.8) is 0 Å². The lowest BCUT2D eigenvalue weighted by Gasteiger charge is -2.31. The zero-order valence-corrected chi connectivity index (χ0v) is 80.1. The van der Waals surface area contributed by atoms with Gasteiger partial charge in [0, 0.05) is 0 Å². The maximum Gasteiger partial charge on any atom is 0.524 e. The molecule has 0 aliphatic rings. The second kappa shape index (κ2) is 86.4. The summed E-state index contributed by atoms with van der Waals surface area (Å²) in [5.74, 6) is 1.40. The lowest BCUT2D eigenvalue weighted by atomic mass is 9.80. The van der Waals surface area contributed by atoms with Gasteiger partial charge in [-0.25, -0.2) is 4.57 Å². The Morgan fingerprint density at radius 2 is 0.577 bits per heavy atom. The van der Waals surface area contributed by atoms with Gasteiger partial charge in [-0.2, -0.15) is 0 Å². The summed E-state index contributed by atoms with van der Waals surface area (Å²) in [6.07, 6.45) is 38.1. The van der Waals surface area contributed by atoms with Gasteiger partial charge < -0.3 is 66.9 Å². The highest BCUT2D eigenvalue weighted by molar-refractivity contribution is 7.50. The number of ketones is 8. The van der Waals surface area contributed by atoms with Gasteiger partial charge in [0.1, 0.15) is 52.0 Å². The molecule has 0 aliphatic carbocycles. The molecule has 3 rings (SSSR count). The maximum absolute atomic E-state index is 11.8. The average Bonchev–Trinajstić information content (AvgIpc) is 0.852. The highest BCUT2D eigenvalue weighted by atomic mass is 31.2. The summed E-state index contributed by atoms with van der Waals surface area (Å²) in [5.41, 5.74) is 2.19. The van der Waals surface area contributed by atoms with Crippen LogP contribution in [0.25, 0.3) is 0 Å². The SMILES string of the molecule is C.C.C.C.C.C.C.C.C=CCCCC(CCCC=C)(NC)C(C)=O.C=CCCCCCC[C@@](C)(NC)C(C)=O.C=CCCCCCC[C@](C)(NC)C(C)=O.C=CCCC[C@@](C)(NC)C(C)=O.C=CCCC[C@](C)(NC)C(C)=O.CN[C@@H](Cc1ccc(B(O)O)cc1)C(C)=O.CN[C@@H](Cc1ccc(CP(=O)(O)O)cc1)C(C)=O.CN[C@@H](Cc1ccc(OP(=O)(O)O)cc1)C(C)=O. The summed E-state index contributed by atoms with van der Waals surface area (Å²) >= 11 is 0. The fourth-order valence-corrected chi connectivity index (χ4v) is 13.2. The standard InChI is InChI=1S/C14H25NO.2C13H25NO.C12H18NO4P.C11H16BNO3.C11H16NO5P.2C10H19NO.8CH4/c1-5-7-9-11-14(15-4,13(3)16)12-10-8-6-2;2*1-5-6-7-8-9-10-11-13(3,14-4)12(2)15;1-9(14)12(13-2)7-10-3-5-11(6-4-10)8-18(15,16)17;1-8(14)11(13-2)7-9-3-5-10(6-4-9)12(15)16;1-8(13)11(12-2)7-9-3-5-10(6-4-9)17-18(14,15)16;2*1-5-6-7-8-10(3,11-4)9(2)12;;;;;;;;/h5-6,15H,1-2,7-12H2,3-4H3;2*5,14H,1,6-11H2,2-4H3;3-6,12-13H,7-8H2,1-2H3,(H2,15,16,17);3-6,11,13,15-16H,7H2,1-2H3;3-6,11-12H,7H2,1-2H3,(H2,14,15,16);2*5,11H,1,6-8H2,2-4H3;8*1H4/t;2*13-;12-;2*11-;2*10-;;;;;;;;/m.1000010......../s1. The second-order valence-electron chi connectivity index (χ2n) is 31.6. The molecule has 3 aromatic carbocycles. The summed E-state index contributed by atoms with van der Waals surface area (Å²) in [7, 11) is 4.46. The lowest BCUT2D eigenvalue weighted by molar-refractivity contribution is -0.124. The molecule has 0 amide bonds. The van der Waals surface area contributed by atoms with E-state index in [-0.39, 0.29) is 163 Å². The molecule has 0 spiro atoms. The Morgan fingerprint density at radius 1 is 0.346 bits per heavy atom. The van der Waals surface area contributed by atoms with Crippen LogP contribution in [0.4, 0.5) is 0 Å². The van der Waals surface area contributed by atoms with Gasteiger partial charge in [0.15, 0.2) is 0 Å². The molecule has 0 saturated carbocycles. The summed E-state index contributed by atoms with van der Waals surface area (Å²) in [4.78, 5) is 126. The molecule has 0 radical (unpaired) electrons. The van der Waals surface area contributed by atoms with Gasteiger partial charge >= 0.3 is 22.5 Å². The Labute approximate surface area is 795 Å². The number of phosphoric ester groups is 1. The van der Waals surface area contributed by atoms with Crippen molar-refractivity contribution in [1.82, 2.24) is 42.5 Å². The normalized spacial score (nSPS) is 12.7. The Hall–Kier alpha value is -6.78. The van der Waals surface area contributed by atoms with Crippen LogP contribution in [0.15, 0.2) is 149 Å². The van der Waals surface area contributed by atoms with Crippen LogP contribution in [-0.2, 0) is 72.9 Å². The van der Waals surface area contributed by atoms with E-state index < -0.39 is 22.5 Å². The smallest absolute Gasteiger partial charge is 0.423 e. The van der Waals surface area contributed by atoms with E-state index >= 15 is 0 Å². The van der Waals surface area contributed by atoms with Crippen molar-refractivity contribution in [3.05, 3.63) is 171 Å². The minimum Gasteiger partial charge on any atom is -0.423 e. The van der Waals surface area contributed by atoms with E-state index in [0.717, 1.165) is 132 Å². The number of unbranched alkanes of at least 4 members (excludes halogenated alkanes) is 12. The Balaban J connectivity index is -0.000000109. The number of phosphoric acid groups is 1. The number of carbonyl (C=O) groups is 8. The third kappa shape index (κ3) is 73.7. The monoisotopic (exact) mass is 1880 g/mol. The number of hydrogen-bond donors (Lipinski definition) is 14. The van der Waals surface area contributed by atoms with E-state index in [1.54, 1.807) is 123 Å². The number of likely N-dealkylation sites (N-methyl/N-ethyl adjacent to an activating group) is 8. The van der Waals surface area contributed by atoms with Crippen molar-refractivity contribution in [2.24, 2.45) is 0 Å². The van der Waals surface area contributed by atoms with Crippen LogP contribution in [0.5, 0.6) is 5.75 Å². The number of hydrogen-bond acceptors (Lipinski definition) is 21. The molecule has 0 fully saturated rings. The summed E-state index contributed by atoms with van der Waals surface area (Å²) in [6.45, 7) is 42.8. The van der Waals surface area contributed by atoms with Crippen LogP contribution in [0.2, 0.25) is 0 Å². The first kappa shape index (κ1) is 152. The summed E-state index contributed by atoms with van der Waals surface area (Å²) in [5, 5.41) is 42.2. The van der Waals surface area contributed by atoms with Crippen LogP contribution >= 0.6 is 15.4 Å². The second-order valence-corrected chi connectivity index (χ2v) is 34.4. The minimum absolute atomic E-state index is 0. The van der Waals surface area contributed by atoms with E-state index in [4.69, 9.17) is 29.6 Å². The minimum atomic E-state index is -4.52. The quantitative estimate of drug-likeness (QED) is 0.0108. The molecule has 0 bridgehead atoms. The zero-order valence-electron chi connectivity index (χ0n) is 78.3. The number of carbonyl (C=O) groups excluding carboxylic acids is 8. The third-order valence-electron chi connectivity index (χ3n) is 22.0. The number of allylic oxidation sites excluding steroid dienone is 6. The molecule has 14 N–H and O–H groups in total. The van der Waals surface area contributed by atoms with Gasteiger partial charge in [-0.05, 0) is 314 Å². The first-order valence-corrected chi connectivity index (χ1v) is 46.0. The van der Waals surface area contributed by atoms with E-state index in [1.807, 2.05) is 99.4 Å². The number of nitrogens with one attached hydrogen (secondary N) is 8. The Kier molecular flexibility index (Phi) is 101. The van der Waals surface area contributed by atoms with Gasteiger partial charge in [-0.1, -0.05) is 195 Å². The van der Waals surface area contributed by atoms with Crippen LogP contribution in [0.1, 0.15) is 319 Å². The molecule has 0 heterocycles. The van der Waals surface area contributed by atoms with Crippen LogP contribution in [-0.4, -0.2) is 185 Å². The van der Waals surface area contributed by atoms with Gasteiger partial charge in [0.05, 0.1) is 52.0 Å². The molecule has 0 aliphatic heterocycles. The summed E-state index contributed by atoms with van der Waals surface area (Å²) < 4.78 is 25.9. The molecule has 3 aromatic rings. The molecule has 7 atom stereocenters. The highest BCUT2D eigenvalue weighted by Crippen LogP contribution is 2.39. The van der Waals surface area contributed by atoms with Crippen molar-refractivity contribution in [3.8, 4) is 5.75 Å². The van der Waals surface area contributed by atoms with Gasteiger partial charge in [0.25, 0.3) is 0 Å². The van der Waals surface area contributed by atoms with Crippen molar-refractivity contribution in [2.75, 3.05) is 56.4 Å². The Bertz CT molecular complexity index is 3390. The molecule has 0 aromatic heterocycles. The van der Waals surface area contributed by atoms with Crippen LogP contribution in [0, 0.1) is 0 Å². The number of rotatable bonds is 57. The van der Waals surface area contributed by atoms with E-state index in [1.165, 1.54) is 64.5 Å². The van der Waals surface area contributed by atoms with Crippen molar-refractivity contribution in [1.29, 1.82) is 0 Å². The largest absolute Gasteiger partial charge is 0.524 e. The first-order chi connectivity index (χ1) is 57.1. The molecular formula is C102H195BN8O17P2. The Morgan fingerprint density at radius 3 is 0.785 bits per heavy atom. The number of benzene rings is 3. The molecular weight excluding hydrogens is 1680 g/mol. The molecule has 130 heavy (non-hydrogen) atoms. The van der Waals surface area contributed by atoms with Crippen molar-refractivity contribution in [2.45, 2.75) is 368 Å². The number of Topliss-reactive ketones (excluding diaryl/α,β-unsaturated/α-hetero) is 8. The molecule has 28 heteroatoms. The maximum atomic E-state index is 11.8. The average molecular weight is 1880 g/mol. The van der Waals surface area contributed by atoms with Crippen LogP contribution < -0.4 is 52.5 Å². The van der Waals surface area contributed by atoms with Crippen molar-refractivity contribution >= 4 is 74.3 Å². The molecule has 758 valence electrons. The first-order valence-electron chi connectivity index (χ1n) is 42.7. The highest BCUT2D eigenvalue weighted by Gasteiger charge is 2.33. The van der Waals surface area contributed by atoms with E-state index in [0.29, 0.717) is 30.3 Å². The summed E-state index contributed by atoms with van der Waals surface area (Å²) in [6, 6.07) is 19.4. The van der Waals surface area contributed by atoms with E-state index in [9.17, 15) is 47.5 Å². The predicted molar refractivity (Wildman–Crippen MR) is 560 cm³/mol. The fraction of sp³-hybridized carbons (Fsp3) is 0.627. The van der Waals surface area contributed by atoms with Gasteiger partial charge in [0.2, 0.25) is 0 Å². The third-order valence-corrected chi connectivity index (χ3v) is 23.2. The lowest BCUT2D eigenvalue weighted by Crippen LogP contribution is -2.49. The zero-order chi connectivity index (χ0) is 94.8. The topological polar surface area (TPSA) is 398 Å². The fourth-order valence-electron chi connectivity index (χ4n) is 12.1. The predicted octanol–water partition coefficient (Wildman–Crippen LogP) is 19.4. The van der Waals surface area contributed by atoms with Gasteiger partial charge in [-0.3, -0.25) is 52.7 Å². The molecule has 0 unspecified atom stereocenters. The van der Waals surface area contributed by atoms with Crippen LogP contribution in [0.3, 0.4) is 0 Å². The van der Waals surface area contributed by atoms with E-state index in [2.05, 4.69) is 86.5 Å². The van der Waals surface area contributed by atoms with Crippen molar-refractivity contribution < 1.29 is 81.6 Å². The van der Waals surface area contributed by atoms with Gasteiger partial charge in [-0.15, -0.1) is 39.5 Å². The molecule has 0 saturated heterocycles.